The monoisotopic (exact) mass is 274 g/mol. The zero-order valence-electron chi connectivity index (χ0n) is 12.8. The van der Waals surface area contributed by atoms with Crippen LogP contribution in [-0.2, 0) is 0 Å². The second-order valence-electron chi connectivity index (χ2n) is 6.02. The Morgan fingerprint density at radius 3 is 2.85 bits per heavy atom. The maximum absolute atomic E-state index is 12.5. The van der Waals surface area contributed by atoms with E-state index in [1.165, 1.54) is 18.4 Å². The molecule has 1 amide bonds. The van der Waals surface area contributed by atoms with Gasteiger partial charge in [0, 0.05) is 18.3 Å². The second-order valence-corrected chi connectivity index (χ2v) is 6.02. The predicted octanol–water partition coefficient (Wildman–Crippen LogP) is 3.74. The molecule has 3 heteroatoms. The van der Waals surface area contributed by atoms with Crippen LogP contribution in [0.1, 0.15) is 55.5 Å². The van der Waals surface area contributed by atoms with Gasteiger partial charge in [0.2, 0.25) is 0 Å². The lowest BCUT2D eigenvalue weighted by molar-refractivity contribution is 0.0922. The molecule has 1 aromatic carbocycles. The largest absolute Gasteiger partial charge is 0.385 e. The Hall–Kier alpha value is -1.51. The molecule has 3 nitrogen and oxygen atoms in total. The molecule has 1 fully saturated rings. The molecule has 2 rings (SSSR count). The van der Waals surface area contributed by atoms with Gasteiger partial charge in [0.05, 0.1) is 5.56 Å². The van der Waals surface area contributed by atoms with Crippen molar-refractivity contribution in [1.29, 1.82) is 0 Å². The molecule has 0 heterocycles. The van der Waals surface area contributed by atoms with Crippen molar-refractivity contribution in [3.63, 3.8) is 0 Å². The van der Waals surface area contributed by atoms with Gasteiger partial charge < -0.3 is 10.6 Å². The fraction of sp³-hybridized carbons (Fsp3) is 0.588. The first-order chi connectivity index (χ1) is 9.60. The third-order valence-electron chi connectivity index (χ3n) is 4.06. The van der Waals surface area contributed by atoms with E-state index in [0.717, 1.165) is 36.6 Å². The lowest BCUT2D eigenvalue weighted by Crippen LogP contribution is -2.38. The highest BCUT2D eigenvalue weighted by Gasteiger charge is 2.21. The van der Waals surface area contributed by atoms with Gasteiger partial charge in [-0.1, -0.05) is 25.8 Å². The quantitative estimate of drug-likeness (QED) is 0.878. The molecule has 20 heavy (non-hydrogen) atoms. The Balaban J connectivity index is 2.08. The molecule has 0 saturated heterocycles. The van der Waals surface area contributed by atoms with Crippen LogP contribution < -0.4 is 10.6 Å². The molecule has 2 unspecified atom stereocenters. The van der Waals surface area contributed by atoms with E-state index in [4.69, 9.17) is 0 Å². The summed E-state index contributed by atoms with van der Waals surface area (Å²) in [6.07, 6.45) is 4.73. The Kier molecular flexibility index (Phi) is 5.05. The molecule has 1 aliphatic carbocycles. The number of aryl methyl sites for hydroxylation is 1. The van der Waals surface area contributed by atoms with E-state index in [0.29, 0.717) is 6.04 Å². The van der Waals surface area contributed by atoms with Crippen molar-refractivity contribution in [3.05, 3.63) is 29.3 Å². The lowest BCUT2D eigenvalue weighted by atomic mass is 9.87. The maximum Gasteiger partial charge on any atom is 0.253 e. The van der Waals surface area contributed by atoms with Crippen LogP contribution in [0.25, 0.3) is 0 Å². The summed E-state index contributed by atoms with van der Waals surface area (Å²) in [6, 6.07) is 6.30. The van der Waals surface area contributed by atoms with E-state index < -0.39 is 0 Å². The van der Waals surface area contributed by atoms with Gasteiger partial charge in [-0.25, -0.2) is 0 Å². The fourth-order valence-corrected chi connectivity index (χ4v) is 3.02. The molecule has 110 valence electrons. The molecular weight excluding hydrogens is 248 g/mol. The highest BCUT2D eigenvalue weighted by molar-refractivity contribution is 5.99. The van der Waals surface area contributed by atoms with Crippen molar-refractivity contribution in [1.82, 2.24) is 5.32 Å². The highest BCUT2D eigenvalue weighted by atomic mass is 16.1. The number of nitrogens with one attached hydrogen (secondary N) is 2. The topological polar surface area (TPSA) is 41.1 Å². The third kappa shape index (κ3) is 3.75. The zero-order valence-corrected chi connectivity index (χ0v) is 12.8. The summed E-state index contributed by atoms with van der Waals surface area (Å²) in [7, 11) is 0. The maximum atomic E-state index is 12.5. The first-order valence-corrected chi connectivity index (χ1v) is 7.75. The molecule has 1 aromatic rings. The van der Waals surface area contributed by atoms with Crippen molar-refractivity contribution < 1.29 is 4.79 Å². The van der Waals surface area contributed by atoms with Crippen LogP contribution in [0.3, 0.4) is 0 Å². The normalized spacial score (nSPS) is 22.4. The van der Waals surface area contributed by atoms with Crippen LogP contribution in [-0.4, -0.2) is 18.5 Å². The first kappa shape index (κ1) is 14.9. The number of amides is 1. The van der Waals surface area contributed by atoms with Gasteiger partial charge in [-0.15, -0.1) is 0 Å². The average molecular weight is 274 g/mol. The minimum absolute atomic E-state index is 0.0556. The van der Waals surface area contributed by atoms with Crippen LogP contribution in [0.5, 0.6) is 0 Å². The van der Waals surface area contributed by atoms with Gasteiger partial charge in [0.15, 0.2) is 0 Å². The molecule has 0 radical (unpaired) electrons. The summed E-state index contributed by atoms with van der Waals surface area (Å²) < 4.78 is 0. The van der Waals surface area contributed by atoms with Gasteiger partial charge in [0.25, 0.3) is 5.91 Å². The minimum atomic E-state index is 0.0556. The van der Waals surface area contributed by atoms with E-state index in [2.05, 4.69) is 17.6 Å². The van der Waals surface area contributed by atoms with Crippen molar-refractivity contribution in [2.45, 2.75) is 52.5 Å². The lowest BCUT2D eigenvalue weighted by Gasteiger charge is -2.27. The number of carbonyl (C=O) groups excluding carboxylic acids is 1. The summed E-state index contributed by atoms with van der Waals surface area (Å²) >= 11 is 0. The summed E-state index contributed by atoms with van der Waals surface area (Å²) in [4.78, 5) is 12.5. The molecular formula is C17H26N2O. The Bertz CT molecular complexity index is 470. The van der Waals surface area contributed by atoms with E-state index in [9.17, 15) is 4.79 Å². The van der Waals surface area contributed by atoms with Gasteiger partial charge >= 0.3 is 0 Å². The Labute approximate surface area is 122 Å². The van der Waals surface area contributed by atoms with Gasteiger partial charge in [-0.3, -0.25) is 4.79 Å². The number of hydrogen-bond acceptors (Lipinski definition) is 2. The number of benzene rings is 1. The van der Waals surface area contributed by atoms with E-state index in [1.807, 2.05) is 32.0 Å². The Morgan fingerprint density at radius 1 is 1.35 bits per heavy atom. The summed E-state index contributed by atoms with van der Waals surface area (Å²) in [5.74, 6) is 0.778. The second kappa shape index (κ2) is 6.78. The molecule has 1 saturated carbocycles. The molecule has 0 aromatic heterocycles. The van der Waals surface area contributed by atoms with Crippen molar-refractivity contribution in [3.8, 4) is 0 Å². The molecule has 2 atom stereocenters. The van der Waals surface area contributed by atoms with E-state index in [1.54, 1.807) is 0 Å². The Morgan fingerprint density at radius 2 is 2.15 bits per heavy atom. The van der Waals surface area contributed by atoms with Crippen LogP contribution in [0.15, 0.2) is 18.2 Å². The van der Waals surface area contributed by atoms with Gasteiger partial charge in [-0.05, 0) is 50.3 Å². The van der Waals surface area contributed by atoms with Gasteiger partial charge in [0.1, 0.15) is 0 Å². The predicted molar refractivity (Wildman–Crippen MR) is 84.2 cm³/mol. The SMILES string of the molecule is CCNc1cc(C)ccc1C(=O)NC1CCCC(C)C1. The summed E-state index contributed by atoms with van der Waals surface area (Å²) in [5, 5.41) is 6.49. The smallest absolute Gasteiger partial charge is 0.253 e. The standard InChI is InChI=1S/C17H26N2O/c1-4-18-16-11-13(3)8-9-15(16)17(20)19-14-7-5-6-12(2)10-14/h8-9,11-12,14,18H,4-7,10H2,1-3H3,(H,19,20). The first-order valence-electron chi connectivity index (χ1n) is 7.75. The number of rotatable bonds is 4. The third-order valence-corrected chi connectivity index (χ3v) is 4.06. The highest BCUT2D eigenvalue weighted by Crippen LogP contribution is 2.24. The van der Waals surface area contributed by atoms with Crippen molar-refractivity contribution >= 4 is 11.6 Å². The minimum Gasteiger partial charge on any atom is -0.385 e. The van der Waals surface area contributed by atoms with Crippen molar-refractivity contribution in [2.75, 3.05) is 11.9 Å². The number of anilines is 1. The molecule has 2 N–H and O–H groups in total. The number of hydrogen-bond donors (Lipinski definition) is 2. The fourth-order valence-electron chi connectivity index (χ4n) is 3.02. The van der Waals surface area contributed by atoms with Crippen LogP contribution in [0, 0.1) is 12.8 Å². The van der Waals surface area contributed by atoms with E-state index >= 15 is 0 Å². The zero-order chi connectivity index (χ0) is 14.5. The molecule has 0 bridgehead atoms. The van der Waals surface area contributed by atoms with Crippen molar-refractivity contribution in [2.24, 2.45) is 5.92 Å². The average Bonchev–Trinajstić information content (AvgIpc) is 2.39. The molecule has 1 aliphatic rings. The van der Waals surface area contributed by atoms with E-state index in [-0.39, 0.29) is 5.91 Å². The van der Waals surface area contributed by atoms with Crippen LogP contribution in [0.4, 0.5) is 5.69 Å². The summed E-state index contributed by atoms with van der Waals surface area (Å²) in [6.45, 7) is 7.19. The van der Waals surface area contributed by atoms with Crippen LogP contribution in [0.2, 0.25) is 0 Å². The summed E-state index contributed by atoms with van der Waals surface area (Å²) in [5.41, 5.74) is 2.87. The molecule has 0 aliphatic heterocycles. The van der Waals surface area contributed by atoms with Gasteiger partial charge in [-0.2, -0.15) is 0 Å². The van der Waals surface area contributed by atoms with Crippen LogP contribution >= 0.6 is 0 Å². The molecule has 0 spiro atoms. The number of carbonyl (C=O) groups is 1.